The van der Waals surface area contributed by atoms with Gasteiger partial charge in [0, 0.05) is 25.7 Å². The Morgan fingerprint density at radius 1 is 1.29 bits per heavy atom. The number of carbonyl (C=O) groups excluding carboxylic acids is 1. The summed E-state index contributed by atoms with van der Waals surface area (Å²) in [5.74, 6) is -1.32. The van der Waals surface area contributed by atoms with Gasteiger partial charge in [-0.2, -0.15) is 0 Å². The highest BCUT2D eigenvalue weighted by Gasteiger charge is 2.23. The molecule has 1 aliphatic rings. The smallest absolute Gasteiger partial charge is 0.237 e. The third-order valence-electron chi connectivity index (χ3n) is 4.39. The number of benzene rings is 1. The molecular weight excluding hydrogens is 312 g/mol. The summed E-state index contributed by atoms with van der Waals surface area (Å²) in [5, 5.41) is 3.02. The molecule has 134 valence electrons. The zero-order chi connectivity index (χ0) is 17.7. The Bertz CT molecular complexity index is 557. The molecule has 2 rings (SSSR count). The van der Waals surface area contributed by atoms with Crippen LogP contribution in [0.1, 0.15) is 38.7 Å². The monoisotopic (exact) mass is 339 g/mol. The van der Waals surface area contributed by atoms with Crippen molar-refractivity contribution in [3.63, 3.8) is 0 Å². The molecular formula is C18H27F2N3O. The van der Waals surface area contributed by atoms with Crippen molar-refractivity contribution < 1.29 is 13.6 Å². The Morgan fingerprint density at radius 3 is 2.54 bits per heavy atom. The highest BCUT2D eigenvalue weighted by atomic mass is 19.2. The fourth-order valence-corrected chi connectivity index (χ4v) is 3.05. The van der Waals surface area contributed by atoms with E-state index in [0.717, 1.165) is 37.6 Å². The summed E-state index contributed by atoms with van der Waals surface area (Å²) in [5.41, 5.74) is 6.66. The number of likely N-dealkylation sites (tertiary alicyclic amines) is 1. The minimum atomic E-state index is -0.821. The highest BCUT2D eigenvalue weighted by Crippen LogP contribution is 2.16. The molecule has 0 spiro atoms. The van der Waals surface area contributed by atoms with Crippen molar-refractivity contribution in [2.45, 2.75) is 51.7 Å². The molecule has 6 heteroatoms. The summed E-state index contributed by atoms with van der Waals surface area (Å²) in [6.45, 7) is 6.30. The van der Waals surface area contributed by atoms with Gasteiger partial charge in [0.2, 0.25) is 5.91 Å². The van der Waals surface area contributed by atoms with Gasteiger partial charge in [-0.3, -0.25) is 9.69 Å². The molecule has 0 aromatic heterocycles. The van der Waals surface area contributed by atoms with E-state index in [9.17, 15) is 13.6 Å². The van der Waals surface area contributed by atoms with Gasteiger partial charge < -0.3 is 11.1 Å². The number of amides is 1. The van der Waals surface area contributed by atoms with E-state index in [2.05, 4.69) is 10.2 Å². The maximum absolute atomic E-state index is 13.3. The third-order valence-corrected chi connectivity index (χ3v) is 4.39. The first-order valence-electron chi connectivity index (χ1n) is 8.57. The molecule has 0 bridgehead atoms. The molecule has 1 aromatic rings. The fourth-order valence-electron chi connectivity index (χ4n) is 3.05. The fraction of sp³-hybridized carbons (Fsp3) is 0.611. The normalized spacial score (nSPS) is 17.9. The van der Waals surface area contributed by atoms with E-state index in [4.69, 9.17) is 5.73 Å². The van der Waals surface area contributed by atoms with Crippen LogP contribution in [-0.4, -0.2) is 36.0 Å². The van der Waals surface area contributed by atoms with Crippen molar-refractivity contribution in [2.75, 3.05) is 13.1 Å². The SMILES string of the molecule is CC(C)C[C@H](N)C(=O)NC1CCN(Cc2ccc(F)c(F)c2)CC1. The second kappa shape index (κ2) is 8.53. The van der Waals surface area contributed by atoms with Crippen molar-refractivity contribution in [1.29, 1.82) is 0 Å². The van der Waals surface area contributed by atoms with E-state index in [1.807, 2.05) is 13.8 Å². The molecule has 4 nitrogen and oxygen atoms in total. The van der Waals surface area contributed by atoms with E-state index >= 15 is 0 Å². The van der Waals surface area contributed by atoms with Crippen LogP contribution in [0, 0.1) is 17.6 Å². The van der Waals surface area contributed by atoms with Gasteiger partial charge in [-0.05, 0) is 42.9 Å². The number of nitrogens with one attached hydrogen (secondary N) is 1. The third kappa shape index (κ3) is 5.53. The van der Waals surface area contributed by atoms with E-state index in [0.29, 0.717) is 18.9 Å². The number of halogens is 2. The van der Waals surface area contributed by atoms with E-state index in [1.165, 1.54) is 6.07 Å². The molecule has 1 heterocycles. The van der Waals surface area contributed by atoms with E-state index in [1.54, 1.807) is 6.07 Å². The molecule has 0 unspecified atom stereocenters. The first kappa shape index (κ1) is 18.8. The molecule has 1 fully saturated rings. The average Bonchev–Trinajstić information content (AvgIpc) is 2.52. The van der Waals surface area contributed by atoms with Gasteiger partial charge in [-0.1, -0.05) is 19.9 Å². The first-order valence-corrected chi connectivity index (χ1v) is 8.57. The van der Waals surface area contributed by atoms with Crippen molar-refractivity contribution in [1.82, 2.24) is 10.2 Å². The van der Waals surface area contributed by atoms with Crippen LogP contribution in [0.3, 0.4) is 0 Å². The predicted octanol–water partition coefficient (Wildman–Crippen LogP) is 2.42. The van der Waals surface area contributed by atoms with Crippen LogP contribution in [0.15, 0.2) is 18.2 Å². The summed E-state index contributed by atoms with van der Waals surface area (Å²) in [7, 11) is 0. The molecule has 1 saturated heterocycles. The van der Waals surface area contributed by atoms with Crippen molar-refractivity contribution in [2.24, 2.45) is 11.7 Å². The van der Waals surface area contributed by atoms with Gasteiger partial charge >= 0.3 is 0 Å². The van der Waals surface area contributed by atoms with Crippen molar-refractivity contribution >= 4 is 5.91 Å². The second-order valence-electron chi connectivity index (χ2n) is 7.04. The molecule has 3 N–H and O–H groups in total. The number of rotatable bonds is 6. The summed E-state index contributed by atoms with van der Waals surface area (Å²) >= 11 is 0. The standard InChI is InChI=1S/C18H27F2N3O/c1-12(2)9-17(21)18(24)22-14-5-7-23(8-6-14)11-13-3-4-15(19)16(20)10-13/h3-4,10,12,14,17H,5-9,11,21H2,1-2H3,(H,22,24)/t17-/m0/s1. The lowest BCUT2D eigenvalue weighted by Crippen LogP contribution is -2.49. The molecule has 0 saturated carbocycles. The van der Waals surface area contributed by atoms with Crippen molar-refractivity contribution in [3.05, 3.63) is 35.4 Å². The molecule has 1 atom stereocenters. The number of nitrogens with two attached hydrogens (primary N) is 1. The van der Waals surface area contributed by atoms with Crippen LogP contribution in [0.4, 0.5) is 8.78 Å². The molecule has 0 radical (unpaired) electrons. The first-order chi connectivity index (χ1) is 11.3. The summed E-state index contributed by atoms with van der Waals surface area (Å²) < 4.78 is 26.2. The Labute approximate surface area is 142 Å². The molecule has 1 aliphatic heterocycles. The van der Waals surface area contributed by atoms with Gasteiger partial charge in [0.15, 0.2) is 11.6 Å². The molecule has 1 amide bonds. The summed E-state index contributed by atoms with van der Waals surface area (Å²) in [4.78, 5) is 14.2. The van der Waals surface area contributed by atoms with Gasteiger partial charge in [-0.15, -0.1) is 0 Å². The van der Waals surface area contributed by atoms with Gasteiger partial charge in [0.1, 0.15) is 0 Å². The Hall–Kier alpha value is -1.53. The van der Waals surface area contributed by atoms with Gasteiger partial charge in [0.05, 0.1) is 6.04 Å². The second-order valence-corrected chi connectivity index (χ2v) is 7.04. The van der Waals surface area contributed by atoms with Crippen LogP contribution in [0.5, 0.6) is 0 Å². The van der Waals surface area contributed by atoms with Crippen molar-refractivity contribution in [3.8, 4) is 0 Å². The van der Waals surface area contributed by atoms with E-state index in [-0.39, 0.29) is 11.9 Å². The van der Waals surface area contributed by atoms with Crippen LogP contribution in [0.2, 0.25) is 0 Å². The molecule has 24 heavy (non-hydrogen) atoms. The lowest BCUT2D eigenvalue weighted by molar-refractivity contribution is -0.123. The number of nitrogens with zero attached hydrogens (tertiary/aromatic N) is 1. The van der Waals surface area contributed by atoms with Crippen LogP contribution in [0.25, 0.3) is 0 Å². The summed E-state index contributed by atoms with van der Waals surface area (Å²) in [6.07, 6.45) is 2.36. The van der Waals surface area contributed by atoms with Crippen LogP contribution >= 0.6 is 0 Å². The Balaban J connectivity index is 1.76. The molecule has 1 aromatic carbocycles. The number of carbonyl (C=O) groups is 1. The van der Waals surface area contributed by atoms with Gasteiger partial charge in [0.25, 0.3) is 0 Å². The van der Waals surface area contributed by atoms with Crippen LogP contribution in [-0.2, 0) is 11.3 Å². The minimum Gasteiger partial charge on any atom is -0.352 e. The zero-order valence-corrected chi connectivity index (χ0v) is 14.4. The maximum Gasteiger partial charge on any atom is 0.237 e. The van der Waals surface area contributed by atoms with Gasteiger partial charge in [-0.25, -0.2) is 8.78 Å². The number of hydrogen-bond donors (Lipinski definition) is 2. The predicted molar refractivity (Wildman–Crippen MR) is 90.2 cm³/mol. The molecule has 0 aliphatic carbocycles. The highest BCUT2D eigenvalue weighted by molar-refractivity contribution is 5.81. The largest absolute Gasteiger partial charge is 0.352 e. The number of piperidine rings is 1. The van der Waals surface area contributed by atoms with E-state index < -0.39 is 17.7 Å². The average molecular weight is 339 g/mol. The lowest BCUT2D eigenvalue weighted by atomic mass is 10.0. The topological polar surface area (TPSA) is 58.4 Å². The van der Waals surface area contributed by atoms with Crippen LogP contribution < -0.4 is 11.1 Å². The minimum absolute atomic E-state index is 0.0808. The Morgan fingerprint density at radius 2 is 1.96 bits per heavy atom. The quantitative estimate of drug-likeness (QED) is 0.837. The Kier molecular flexibility index (Phi) is 6.69. The zero-order valence-electron chi connectivity index (χ0n) is 14.4. The lowest BCUT2D eigenvalue weighted by Gasteiger charge is -2.33. The maximum atomic E-state index is 13.3. The summed E-state index contributed by atoms with van der Waals surface area (Å²) in [6, 6.07) is 3.70. The number of hydrogen-bond acceptors (Lipinski definition) is 3.